The second-order valence-electron chi connectivity index (χ2n) is 4.95. The van der Waals surface area contributed by atoms with E-state index in [0.29, 0.717) is 0 Å². The summed E-state index contributed by atoms with van der Waals surface area (Å²) in [5.41, 5.74) is 1.88. The molecule has 2 rings (SSSR count). The number of likely N-dealkylation sites (tertiary alicyclic amines) is 1. The number of nitrogens with two attached hydrogens (primary N) is 1. The number of hydrogen-bond donors (Lipinski definition) is 1. The fourth-order valence-electron chi connectivity index (χ4n) is 2.39. The fraction of sp³-hybridized carbons (Fsp3) is 0.636. The maximum Gasteiger partial charge on any atom is 0.224 e. The molecule has 1 saturated heterocycles. The van der Waals surface area contributed by atoms with Crippen LogP contribution in [0.2, 0.25) is 0 Å². The lowest BCUT2D eigenvalue weighted by molar-refractivity contribution is -0.129. The number of hydrogen-bond acceptors (Lipinski definition) is 4. The molecule has 2 N–H and O–H groups in total. The largest absolute Gasteiger partial charge is 0.334 e. The van der Waals surface area contributed by atoms with Gasteiger partial charge in [-0.1, -0.05) is 0 Å². The molecule has 0 radical (unpaired) electrons. The molecule has 19 heavy (non-hydrogen) atoms. The molecule has 2 unspecified atom stereocenters. The standard InChI is InChI=1S/C11H18N4O3S/c1-7-10(5-13-14(7)3)8(2)15-6-9(4-11(15)16)19(12,17)18/h5,8-9H,4,6H2,1-3H3,(H2,12,17,18). The predicted octanol–water partition coefficient (Wildman–Crippen LogP) is -0.321. The van der Waals surface area contributed by atoms with Crippen molar-refractivity contribution < 1.29 is 13.2 Å². The first-order valence-corrected chi connectivity index (χ1v) is 7.62. The number of primary sulfonamides is 1. The smallest absolute Gasteiger partial charge is 0.224 e. The molecule has 2 heterocycles. The van der Waals surface area contributed by atoms with Gasteiger partial charge in [-0.2, -0.15) is 5.10 Å². The molecule has 0 bridgehead atoms. The van der Waals surface area contributed by atoms with Crippen molar-refractivity contribution in [3.05, 3.63) is 17.5 Å². The van der Waals surface area contributed by atoms with Crippen LogP contribution in [0.25, 0.3) is 0 Å². The molecule has 106 valence electrons. The number of nitrogens with zero attached hydrogens (tertiary/aromatic N) is 3. The van der Waals surface area contributed by atoms with Crippen LogP contribution in [0.4, 0.5) is 0 Å². The van der Waals surface area contributed by atoms with Crippen LogP contribution in [-0.2, 0) is 21.9 Å². The molecule has 0 aromatic carbocycles. The molecule has 1 fully saturated rings. The minimum Gasteiger partial charge on any atom is -0.334 e. The minimum absolute atomic E-state index is 0.0392. The Hall–Kier alpha value is -1.41. The zero-order valence-electron chi connectivity index (χ0n) is 11.2. The zero-order valence-corrected chi connectivity index (χ0v) is 12.0. The van der Waals surface area contributed by atoms with Gasteiger partial charge in [0.2, 0.25) is 15.9 Å². The molecule has 1 amide bonds. The number of aromatic nitrogens is 2. The molecule has 2 atom stereocenters. The summed E-state index contributed by atoms with van der Waals surface area (Å²) in [6.45, 7) is 3.93. The van der Waals surface area contributed by atoms with Gasteiger partial charge in [0.1, 0.15) is 5.25 Å². The van der Waals surface area contributed by atoms with Crippen LogP contribution in [0.15, 0.2) is 6.20 Å². The van der Waals surface area contributed by atoms with Gasteiger partial charge < -0.3 is 4.90 Å². The van der Waals surface area contributed by atoms with E-state index in [1.165, 1.54) is 0 Å². The second-order valence-corrected chi connectivity index (χ2v) is 6.79. The van der Waals surface area contributed by atoms with Crippen LogP contribution in [-0.4, -0.2) is 40.8 Å². The van der Waals surface area contributed by atoms with E-state index in [9.17, 15) is 13.2 Å². The van der Waals surface area contributed by atoms with Gasteiger partial charge in [-0.15, -0.1) is 0 Å². The molecule has 1 aliphatic heterocycles. The van der Waals surface area contributed by atoms with E-state index >= 15 is 0 Å². The summed E-state index contributed by atoms with van der Waals surface area (Å²) in [6.07, 6.45) is 1.67. The van der Waals surface area contributed by atoms with Crippen LogP contribution in [0, 0.1) is 6.92 Å². The van der Waals surface area contributed by atoms with Gasteiger partial charge >= 0.3 is 0 Å². The Morgan fingerprint density at radius 3 is 2.58 bits per heavy atom. The molecule has 0 aliphatic carbocycles. The third kappa shape index (κ3) is 2.50. The number of amides is 1. The summed E-state index contributed by atoms with van der Waals surface area (Å²) >= 11 is 0. The summed E-state index contributed by atoms with van der Waals surface area (Å²) < 4.78 is 24.4. The monoisotopic (exact) mass is 286 g/mol. The van der Waals surface area contributed by atoms with Crippen LogP contribution < -0.4 is 5.14 Å². The molecule has 1 aliphatic rings. The molecule has 8 heteroatoms. The van der Waals surface area contributed by atoms with Gasteiger partial charge in [0.25, 0.3) is 0 Å². The van der Waals surface area contributed by atoms with E-state index in [0.717, 1.165) is 11.3 Å². The van der Waals surface area contributed by atoms with Crippen molar-refractivity contribution >= 4 is 15.9 Å². The average Bonchev–Trinajstić information content (AvgIpc) is 2.83. The normalized spacial score (nSPS) is 22.0. The Kier molecular flexibility index (Phi) is 3.40. The van der Waals surface area contributed by atoms with Gasteiger partial charge in [-0.3, -0.25) is 9.48 Å². The highest BCUT2D eigenvalue weighted by atomic mass is 32.2. The molecular formula is C11H18N4O3S. The Bertz CT molecular complexity index is 607. The lowest BCUT2D eigenvalue weighted by Gasteiger charge is -2.24. The number of rotatable bonds is 3. The van der Waals surface area contributed by atoms with Crippen molar-refractivity contribution in [2.24, 2.45) is 12.2 Å². The van der Waals surface area contributed by atoms with Gasteiger partial charge in [0.05, 0.1) is 12.2 Å². The Balaban J connectivity index is 2.24. The summed E-state index contributed by atoms with van der Waals surface area (Å²) in [7, 11) is -1.85. The van der Waals surface area contributed by atoms with Crippen molar-refractivity contribution in [1.82, 2.24) is 14.7 Å². The van der Waals surface area contributed by atoms with Crippen molar-refractivity contribution in [3.63, 3.8) is 0 Å². The molecule has 0 spiro atoms. The molecule has 7 nitrogen and oxygen atoms in total. The second kappa shape index (κ2) is 4.61. The first-order chi connectivity index (χ1) is 8.71. The lowest BCUT2D eigenvalue weighted by atomic mass is 10.1. The lowest BCUT2D eigenvalue weighted by Crippen LogP contribution is -2.33. The third-order valence-electron chi connectivity index (χ3n) is 3.78. The number of carbonyl (C=O) groups is 1. The van der Waals surface area contributed by atoms with Gasteiger partial charge in [-0.25, -0.2) is 13.6 Å². The van der Waals surface area contributed by atoms with E-state index in [1.54, 1.807) is 15.8 Å². The Morgan fingerprint density at radius 1 is 1.53 bits per heavy atom. The Labute approximate surface area is 112 Å². The van der Waals surface area contributed by atoms with Crippen molar-refractivity contribution in [3.8, 4) is 0 Å². The van der Waals surface area contributed by atoms with Gasteiger partial charge in [0, 0.05) is 31.3 Å². The number of carbonyl (C=O) groups excluding carboxylic acids is 1. The van der Waals surface area contributed by atoms with E-state index in [4.69, 9.17) is 5.14 Å². The topological polar surface area (TPSA) is 98.3 Å². The van der Waals surface area contributed by atoms with Crippen LogP contribution in [0.1, 0.15) is 30.6 Å². The van der Waals surface area contributed by atoms with Crippen LogP contribution in [0.3, 0.4) is 0 Å². The summed E-state index contributed by atoms with van der Waals surface area (Å²) in [6, 6.07) is -0.201. The Morgan fingerprint density at radius 2 is 2.16 bits per heavy atom. The summed E-state index contributed by atoms with van der Waals surface area (Å²) in [5.74, 6) is -0.185. The molecule has 0 saturated carbocycles. The average molecular weight is 286 g/mol. The quantitative estimate of drug-likeness (QED) is 0.823. The highest BCUT2D eigenvalue weighted by Crippen LogP contribution is 2.29. The van der Waals surface area contributed by atoms with Gasteiger partial charge in [-0.05, 0) is 13.8 Å². The fourth-order valence-corrected chi connectivity index (χ4v) is 3.13. The zero-order chi connectivity index (χ0) is 14.4. The van der Waals surface area contributed by atoms with Crippen molar-refractivity contribution in [1.29, 1.82) is 0 Å². The van der Waals surface area contributed by atoms with Gasteiger partial charge in [0.15, 0.2) is 0 Å². The van der Waals surface area contributed by atoms with Crippen LogP contribution in [0.5, 0.6) is 0 Å². The first kappa shape index (κ1) is 14.0. The predicted molar refractivity (Wildman–Crippen MR) is 69.6 cm³/mol. The summed E-state index contributed by atoms with van der Waals surface area (Å²) in [4.78, 5) is 13.5. The SMILES string of the molecule is Cc1c(C(C)N2CC(S(N)(=O)=O)CC2=O)cnn1C. The maximum atomic E-state index is 11.9. The number of sulfonamides is 1. The van der Waals surface area contributed by atoms with E-state index in [2.05, 4.69) is 5.10 Å². The van der Waals surface area contributed by atoms with Crippen molar-refractivity contribution in [2.45, 2.75) is 31.6 Å². The highest BCUT2D eigenvalue weighted by Gasteiger charge is 2.39. The maximum absolute atomic E-state index is 11.9. The third-order valence-corrected chi connectivity index (χ3v) is 5.02. The molecule has 1 aromatic rings. The summed E-state index contributed by atoms with van der Waals surface area (Å²) in [5, 5.41) is 8.45. The van der Waals surface area contributed by atoms with E-state index in [-0.39, 0.29) is 24.9 Å². The first-order valence-electron chi connectivity index (χ1n) is 6.01. The van der Waals surface area contributed by atoms with E-state index < -0.39 is 15.3 Å². The highest BCUT2D eigenvalue weighted by molar-refractivity contribution is 7.89. The van der Waals surface area contributed by atoms with Crippen LogP contribution >= 0.6 is 0 Å². The van der Waals surface area contributed by atoms with Crippen molar-refractivity contribution in [2.75, 3.05) is 6.54 Å². The van der Waals surface area contributed by atoms with E-state index in [1.807, 2.05) is 20.9 Å². The molecular weight excluding hydrogens is 268 g/mol. The number of aryl methyl sites for hydroxylation is 1. The minimum atomic E-state index is -3.67. The molecule has 1 aromatic heterocycles.